The summed E-state index contributed by atoms with van der Waals surface area (Å²) in [5.74, 6) is -0.0505. The lowest BCUT2D eigenvalue weighted by atomic mass is 10.00. The lowest BCUT2D eigenvalue weighted by Crippen LogP contribution is -2.33. The number of nitrogens with one attached hydrogen (secondary N) is 1. The Bertz CT molecular complexity index is 615. The predicted molar refractivity (Wildman–Crippen MR) is 80.0 cm³/mol. The minimum atomic E-state index is -0.347. The van der Waals surface area contributed by atoms with E-state index in [4.69, 9.17) is 5.73 Å². The van der Waals surface area contributed by atoms with Gasteiger partial charge in [-0.3, -0.25) is 4.79 Å². The molecule has 7 heteroatoms. The number of carbonyl (C=O) groups is 1. The van der Waals surface area contributed by atoms with E-state index in [9.17, 15) is 4.79 Å². The number of nitrogens with two attached hydrogens (primary N) is 1. The molecule has 2 aromatic rings. The number of benzene rings is 1. The molecule has 1 aromatic heterocycles. The smallest absolute Gasteiger partial charge is 0.224 e. The Morgan fingerprint density at radius 3 is 2.81 bits per heavy atom. The van der Waals surface area contributed by atoms with Gasteiger partial charge in [0.2, 0.25) is 5.91 Å². The molecule has 0 aliphatic carbocycles. The van der Waals surface area contributed by atoms with Gasteiger partial charge >= 0.3 is 0 Å². The van der Waals surface area contributed by atoms with Crippen molar-refractivity contribution < 1.29 is 4.79 Å². The third-order valence-electron chi connectivity index (χ3n) is 3.11. The van der Waals surface area contributed by atoms with Crippen LogP contribution in [0.1, 0.15) is 32.3 Å². The molecule has 0 saturated heterocycles. The Kier molecular flexibility index (Phi) is 4.32. The van der Waals surface area contributed by atoms with Crippen molar-refractivity contribution in [1.29, 1.82) is 0 Å². The first-order chi connectivity index (χ1) is 9.85. The van der Waals surface area contributed by atoms with Crippen LogP contribution in [0.4, 0.5) is 5.69 Å². The molecule has 0 radical (unpaired) electrons. The maximum atomic E-state index is 12.0. The molecule has 0 saturated carbocycles. The lowest BCUT2D eigenvalue weighted by Gasteiger charge is -2.18. The highest BCUT2D eigenvalue weighted by atomic mass is 16.1. The summed E-state index contributed by atoms with van der Waals surface area (Å²) in [6.07, 6.45) is 2.52. The summed E-state index contributed by atoms with van der Waals surface area (Å²) in [5, 5.41) is 13.9. The van der Waals surface area contributed by atoms with Crippen molar-refractivity contribution in [2.75, 3.05) is 5.32 Å². The zero-order valence-corrected chi connectivity index (χ0v) is 12.5. The van der Waals surface area contributed by atoms with Gasteiger partial charge in [-0.2, -0.15) is 0 Å². The summed E-state index contributed by atoms with van der Waals surface area (Å²) in [6.45, 7) is 5.75. The number of amides is 1. The number of nitrogens with zero attached hydrogens (tertiary/aromatic N) is 4. The van der Waals surface area contributed by atoms with Crippen LogP contribution in [0.25, 0.3) is 5.69 Å². The summed E-state index contributed by atoms with van der Waals surface area (Å²) in [5.41, 5.74) is 8.07. The third kappa shape index (κ3) is 4.35. The van der Waals surface area contributed by atoms with E-state index in [1.807, 2.05) is 39.0 Å². The molecule has 0 fully saturated rings. The second kappa shape index (κ2) is 6.01. The van der Waals surface area contributed by atoms with Crippen molar-refractivity contribution in [3.63, 3.8) is 0 Å². The van der Waals surface area contributed by atoms with Crippen LogP contribution in [0.3, 0.4) is 0 Å². The number of hydrogen-bond acceptors (Lipinski definition) is 5. The standard InChI is InChI=1S/C14H20N6O/c1-10-4-5-11(20-9-16-18-19-20)8-12(10)17-13(21)6-7-14(2,3)15/h4-5,8-9H,6-7,15H2,1-3H3,(H,17,21). The van der Waals surface area contributed by atoms with E-state index in [0.717, 1.165) is 16.9 Å². The zero-order valence-electron chi connectivity index (χ0n) is 12.5. The van der Waals surface area contributed by atoms with Gasteiger partial charge in [-0.1, -0.05) is 6.07 Å². The van der Waals surface area contributed by atoms with E-state index >= 15 is 0 Å². The van der Waals surface area contributed by atoms with Crippen molar-refractivity contribution in [3.05, 3.63) is 30.1 Å². The maximum Gasteiger partial charge on any atom is 0.224 e. The fourth-order valence-electron chi connectivity index (χ4n) is 1.82. The minimum absolute atomic E-state index is 0.0505. The molecule has 1 heterocycles. The first-order valence-electron chi connectivity index (χ1n) is 6.78. The highest BCUT2D eigenvalue weighted by molar-refractivity contribution is 5.91. The van der Waals surface area contributed by atoms with E-state index in [2.05, 4.69) is 20.8 Å². The number of aromatic nitrogens is 4. The highest BCUT2D eigenvalue weighted by Crippen LogP contribution is 2.19. The minimum Gasteiger partial charge on any atom is -0.326 e. The van der Waals surface area contributed by atoms with Crippen LogP contribution in [0, 0.1) is 6.92 Å². The number of aryl methyl sites for hydroxylation is 1. The molecule has 0 spiro atoms. The summed E-state index contributed by atoms with van der Waals surface area (Å²) in [7, 11) is 0. The summed E-state index contributed by atoms with van der Waals surface area (Å²) in [4.78, 5) is 12.0. The van der Waals surface area contributed by atoms with Gasteiger partial charge in [0.05, 0.1) is 5.69 Å². The maximum absolute atomic E-state index is 12.0. The number of carbonyl (C=O) groups excluding carboxylic acids is 1. The normalized spacial score (nSPS) is 11.4. The molecule has 0 bridgehead atoms. The van der Waals surface area contributed by atoms with Crippen molar-refractivity contribution in [2.45, 2.75) is 39.2 Å². The van der Waals surface area contributed by atoms with Gasteiger partial charge in [-0.05, 0) is 55.3 Å². The highest BCUT2D eigenvalue weighted by Gasteiger charge is 2.14. The fraction of sp³-hybridized carbons (Fsp3) is 0.429. The monoisotopic (exact) mass is 288 g/mol. The molecule has 2 rings (SSSR count). The summed E-state index contributed by atoms with van der Waals surface area (Å²) in [6, 6.07) is 5.65. The van der Waals surface area contributed by atoms with Gasteiger partial charge in [0, 0.05) is 17.6 Å². The molecular weight excluding hydrogens is 268 g/mol. The molecule has 3 N–H and O–H groups in total. The predicted octanol–water partition coefficient (Wildman–Crippen LogP) is 1.43. The Morgan fingerprint density at radius 1 is 1.43 bits per heavy atom. The molecule has 0 aliphatic heterocycles. The van der Waals surface area contributed by atoms with Gasteiger partial charge < -0.3 is 11.1 Å². The van der Waals surface area contributed by atoms with Gasteiger partial charge in [-0.15, -0.1) is 5.10 Å². The lowest BCUT2D eigenvalue weighted by molar-refractivity contribution is -0.116. The molecule has 0 aliphatic rings. The average molecular weight is 288 g/mol. The van der Waals surface area contributed by atoms with Crippen LogP contribution in [-0.4, -0.2) is 31.7 Å². The SMILES string of the molecule is Cc1ccc(-n2cnnn2)cc1NC(=O)CCC(C)(C)N. The number of anilines is 1. The fourth-order valence-corrected chi connectivity index (χ4v) is 1.82. The zero-order chi connectivity index (χ0) is 15.5. The van der Waals surface area contributed by atoms with Gasteiger partial charge in [-0.25, -0.2) is 4.68 Å². The molecule has 1 amide bonds. The molecule has 0 atom stereocenters. The Hall–Kier alpha value is -2.28. The molecule has 112 valence electrons. The average Bonchev–Trinajstić information content (AvgIpc) is 2.92. The summed E-state index contributed by atoms with van der Waals surface area (Å²) < 4.78 is 1.54. The number of rotatable bonds is 5. The number of hydrogen-bond donors (Lipinski definition) is 2. The molecule has 1 aromatic carbocycles. The van der Waals surface area contributed by atoms with Crippen molar-refractivity contribution in [3.8, 4) is 5.69 Å². The van der Waals surface area contributed by atoms with Crippen LogP contribution in [0.5, 0.6) is 0 Å². The van der Waals surface area contributed by atoms with Crippen LogP contribution < -0.4 is 11.1 Å². The quantitative estimate of drug-likeness (QED) is 0.867. The summed E-state index contributed by atoms with van der Waals surface area (Å²) >= 11 is 0. The largest absolute Gasteiger partial charge is 0.326 e. The Balaban J connectivity index is 2.09. The molecule has 0 unspecified atom stereocenters. The van der Waals surface area contributed by atoms with E-state index in [1.165, 1.54) is 11.0 Å². The topological polar surface area (TPSA) is 98.7 Å². The van der Waals surface area contributed by atoms with Crippen LogP contribution >= 0.6 is 0 Å². The van der Waals surface area contributed by atoms with Gasteiger partial charge in [0.25, 0.3) is 0 Å². The Morgan fingerprint density at radius 2 is 2.19 bits per heavy atom. The number of tetrazole rings is 1. The first kappa shape index (κ1) is 15.1. The van der Waals surface area contributed by atoms with Crippen molar-refractivity contribution >= 4 is 11.6 Å². The van der Waals surface area contributed by atoms with Crippen molar-refractivity contribution in [1.82, 2.24) is 20.2 Å². The van der Waals surface area contributed by atoms with Crippen molar-refractivity contribution in [2.24, 2.45) is 5.73 Å². The Labute approximate surface area is 123 Å². The first-order valence-corrected chi connectivity index (χ1v) is 6.78. The van der Waals surface area contributed by atoms with E-state index in [1.54, 1.807) is 0 Å². The van der Waals surface area contributed by atoms with Crippen LogP contribution in [0.2, 0.25) is 0 Å². The van der Waals surface area contributed by atoms with Gasteiger partial charge in [0.15, 0.2) is 0 Å². The molecular formula is C14H20N6O. The van der Waals surface area contributed by atoms with Gasteiger partial charge in [0.1, 0.15) is 6.33 Å². The third-order valence-corrected chi connectivity index (χ3v) is 3.11. The molecule has 7 nitrogen and oxygen atoms in total. The van der Waals surface area contributed by atoms with E-state index in [-0.39, 0.29) is 11.4 Å². The van der Waals surface area contributed by atoms with E-state index in [0.29, 0.717) is 12.8 Å². The van der Waals surface area contributed by atoms with Crippen LogP contribution in [-0.2, 0) is 4.79 Å². The second-order valence-electron chi connectivity index (χ2n) is 5.79. The second-order valence-corrected chi connectivity index (χ2v) is 5.79. The van der Waals surface area contributed by atoms with E-state index < -0.39 is 0 Å². The van der Waals surface area contributed by atoms with Crippen LogP contribution in [0.15, 0.2) is 24.5 Å². The molecule has 21 heavy (non-hydrogen) atoms.